The molecule has 0 aliphatic heterocycles. The first kappa shape index (κ1) is 12.4. The van der Waals surface area contributed by atoms with E-state index in [1.54, 1.807) is 0 Å². The summed E-state index contributed by atoms with van der Waals surface area (Å²) in [5.41, 5.74) is 8.04. The van der Waals surface area contributed by atoms with Gasteiger partial charge in [0.05, 0.1) is 17.4 Å². The molecule has 1 aliphatic rings. The highest BCUT2D eigenvalue weighted by Gasteiger charge is 2.30. The maximum absolute atomic E-state index is 6.03. The number of nitrogens with two attached hydrogens (primary N) is 1. The van der Waals surface area contributed by atoms with Gasteiger partial charge in [-0.25, -0.2) is 0 Å². The van der Waals surface area contributed by atoms with E-state index in [-0.39, 0.29) is 5.54 Å². The number of nitrogens with zero attached hydrogens (tertiary/aromatic N) is 2. The normalized spacial score (nSPS) is 18.4. The Hall–Kier alpha value is -1.68. The predicted octanol–water partition coefficient (Wildman–Crippen LogP) is 2.70. The van der Waals surface area contributed by atoms with Crippen LogP contribution in [0.5, 0.6) is 0 Å². The van der Waals surface area contributed by atoms with Gasteiger partial charge in [-0.05, 0) is 18.9 Å². The summed E-state index contributed by atoms with van der Waals surface area (Å²) in [6.07, 6.45) is 7.91. The van der Waals surface area contributed by atoms with Crippen LogP contribution in [0.4, 0.5) is 5.69 Å². The first-order valence-electron chi connectivity index (χ1n) is 7.02. The zero-order valence-electron chi connectivity index (χ0n) is 11.1. The van der Waals surface area contributed by atoms with E-state index >= 15 is 0 Å². The van der Waals surface area contributed by atoms with Crippen molar-refractivity contribution < 1.29 is 0 Å². The van der Waals surface area contributed by atoms with Gasteiger partial charge in [-0.3, -0.25) is 0 Å². The number of benzene rings is 1. The highest BCUT2D eigenvalue weighted by Crippen LogP contribution is 2.32. The highest BCUT2D eigenvalue weighted by atomic mass is 15.1. The largest absolute Gasteiger partial charge is 0.376 e. The molecule has 0 amide bonds. The van der Waals surface area contributed by atoms with Crippen LogP contribution >= 0.6 is 0 Å². The maximum atomic E-state index is 6.03. The predicted molar refractivity (Wildman–Crippen MR) is 78.0 cm³/mol. The number of rotatable bonds is 3. The van der Waals surface area contributed by atoms with E-state index < -0.39 is 0 Å². The molecule has 2 aromatic rings. The van der Waals surface area contributed by atoms with Crippen LogP contribution in [0.3, 0.4) is 0 Å². The van der Waals surface area contributed by atoms with Crippen molar-refractivity contribution in [3.8, 4) is 0 Å². The Morgan fingerprint density at radius 1 is 1.16 bits per heavy atom. The molecule has 4 heteroatoms. The van der Waals surface area contributed by atoms with Gasteiger partial charge < -0.3 is 11.1 Å². The molecular weight excluding hydrogens is 236 g/mol. The number of fused-ring (bicyclic) bond motifs is 1. The molecular formula is C15H20N4. The Kier molecular flexibility index (Phi) is 3.34. The SMILES string of the molecule is NCC1(Nc2cnnc3ccccc23)CCCCC1. The lowest BCUT2D eigenvalue weighted by Crippen LogP contribution is -2.47. The number of hydrogen-bond acceptors (Lipinski definition) is 4. The minimum Gasteiger partial charge on any atom is -0.376 e. The number of aromatic nitrogens is 2. The smallest absolute Gasteiger partial charge is 0.0950 e. The van der Waals surface area contributed by atoms with Crippen LogP contribution in [0, 0.1) is 0 Å². The van der Waals surface area contributed by atoms with E-state index in [0.29, 0.717) is 6.54 Å². The second kappa shape index (κ2) is 5.13. The zero-order chi connectivity index (χ0) is 13.1. The summed E-state index contributed by atoms with van der Waals surface area (Å²) >= 11 is 0. The molecule has 19 heavy (non-hydrogen) atoms. The lowest BCUT2D eigenvalue weighted by atomic mass is 9.81. The fraction of sp³-hybridized carbons (Fsp3) is 0.467. The standard InChI is InChI=1S/C15H20N4/c16-11-15(8-4-1-5-9-15)18-14-10-17-19-13-7-3-2-6-12(13)14/h2-3,6-7,10H,1,4-5,8-9,11,16H2,(H,18,19). The maximum Gasteiger partial charge on any atom is 0.0950 e. The Bertz CT molecular complexity index is 556. The molecule has 1 aliphatic carbocycles. The number of hydrogen-bond donors (Lipinski definition) is 2. The number of anilines is 1. The van der Waals surface area contributed by atoms with E-state index in [1.807, 2.05) is 24.4 Å². The van der Waals surface area contributed by atoms with Crippen LogP contribution in [0.1, 0.15) is 32.1 Å². The molecule has 3 rings (SSSR count). The molecule has 3 N–H and O–H groups in total. The third kappa shape index (κ3) is 2.40. The van der Waals surface area contributed by atoms with Gasteiger partial charge in [0.1, 0.15) is 0 Å². The summed E-state index contributed by atoms with van der Waals surface area (Å²) in [5.74, 6) is 0. The van der Waals surface area contributed by atoms with Crippen molar-refractivity contribution >= 4 is 16.6 Å². The molecule has 0 saturated heterocycles. The first-order valence-corrected chi connectivity index (χ1v) is 7.02. The lowest BCUT2D eigenvalue weighted by Gasteiger charge is -2.38. The van der Waals surface area contributed by atoms with Crippen LogP contribution in [-0.2, 0) is 0 Å². The van der Waals surface area contributed by atoms with Crippen molar-refractivity contribution in [2.45, 2.75) is 37.6 Å². The third-order valence-corrected chi connectivity index (χ3v) is 4.15. The van der Waals surface area contributed by atoms with Crippen molar-refractivity contribution in [3.05, 3.63) is 30.5 Å². The quantitative estimate of drug-likeness (QED) is 0.886. The van der Waals surface area contributed by atoms with Gasteiger partial charge >= 0.3 is 0 Å². The Balaban J connectivity index is 1.96. The van der Waals surface area contributed by atoms with Crippen LogP contribution in [0.2, 0.25) is 0 Å². The molecule has 0 atom stereocenters. The molecule has 1 fully saturated rings. The summed E-state index contributed by atoms with van der Waals surface area (Å²) in [6.45, 7) is 0.670. The summed E-state index contributed by atoms with van der Waals surface area (Å²) < 4.78 is 0. The van der Waals surface area contributed by atoms with Gasteiger partial charge in [0.2, 0.25) is 0 Å². The minimum atomic E-state index is 0.0318. The summed E-state index contributed by atoms with van der Waals surface area (Å²) in [6, 6.07) is 8.09. The van der Waals surface area contributed by atoms with Crippen LogP contribution < -0.4 is 11.1 Å². The van der Waals surface area contributed by atoms with E-state index in [9.17, 15) is 0 Å². The lowest BCUT2D eigenvalue weighted by molar-refractivity contribution is 0.331. The topological polar surface area (TPSA) is 63.8 Å². The van der Waals surface area contributed by atoms with Gasteiger partial charge in [0.15, 0.2) is 0 Å². The molecule has 0 radical (unpaired) electrons. The van der Waals surface area contributed by atoms with E-state index in [0.717, 1.165) is 29.4 Å². The van der Waals surface area contributed by atoms with Crippen molar-refractivity contribution in [2.75, 3.05) is 11.9 Å². The van der Waals surface area contributed by atoms with Gasteiger partial charge in [0.25, 0.3) is 0 Å². The third-order valence-electron chi connectivity index (χ3n) is 4.15. The van der Waals surface area contributed by atoms with E-state index in [2.05, 4.69) is 21.6 Å². The molecule has 1 aromatic heterocycles. The van der Waals surface area contributed by atoms with Crippen molar-refractivity contribution in [1.29, 1.82) is 0 Å². The van der Waals surface area contributed by atoms with Crippen LogP contribution in [-0.4, -0.2) is 22.3 Å². The molecule has 4 nitrogen and oxygen atoms in total. The average Bonchev–Trinajstić information content (AvgIpc) is 2.49. The zero-order valence-corrected chi connectivity index (χ0v) is 11.1. The number of nitrogens with one attached hydrogen (secondary N) is 1. The molecule has 1 heterocycles. The van der Waals surface area contributed by atoms with E-state index in [4.69, 9.17) is 5.73 Å². The second-order valence-corrected chi connectivity index (χ2v) is 5.45. The van der Waals surface area contributed by atoms with Crippen LogP contribution in [0.25, 0.3) is 10.9 Å². The van der Waals surface area contributed by atoms with Crippen LogP contribution in [0.15, 0.2) is 30.5 Å². The van der Waals surface area contributed by atoms with Gasteiger partial charge in [0, 0.05) is 17.5 Å². The molecule has 1 saturated carbocycles. The van der Waals surface area contributed by atoms with Gasteiger partial charge in [-0.1, -0.05) is 37.5 Å². The summed E-state index contributed by atoms with van der Waals surface area (Å²) in [5, 5.41) is 13.0. The highest BCUT2D eigenvalue weighted by molar-refractivity contribution is 5.90. The molecule has 0 unspecified atom stereocenters. The molecule has 0 bridgehead atoms. The average molecular weight is 256 g/mol. The second-order valence-electron chi connectivity index (χ2n) is 5.45. The Morgan fingerprint density at radius 2 is 1.95 bits per heavy atom. The molecule has 0 spiro atoms. The minimum absolute atomic E-state index is 0.0318. The van der Waals surface area contributed by atoms with Crippen molar-refractivity contribution in [2.24, 2.45) is 5.73 Å². The summed E-state index contributed by atoms with van der Waals surface area (Å²) in [4.78, 5) is 0. The fourth-order valence-electron chi connectivity index (χ4n) is 3.00. The van der Waals surface area contributed by atoms with E-state index in [1.165, 1.54) is 19.3 Å². The molecule has 1 aromatic carbocycles. The monoisotopic (exact) mass is 256 g/mol. The Morgan fingerprint density at radius 3 is 2.74 bits per heavy atom. The van der Waals surface area contributed by atoms with Gasteiger partial charge in [-0.2, -0.15) is 10.2 Å². The van der Waals surface area contributed by atoms with Crippen molar-refractivity contribution in [1.82, 2.24) is 10.2 Å². The first-order chi connectivity index (χ1) is 9.33. The Labute approximate surface area is 113 Å². The molecule has 100 valence electrons. The fourth-order valence-corrected chi connectivity index (χ4v) is 3.00. The summed E-state index contributed by atoms with van der Waals surface area (Å²) in [7, 11) is 0. The van der Waals surface area contributed by atoms with Crippen molar-refractivity contribution in [3.63, 3.8) is 0 Å². The van der Waals surface area contributed by atoms with Gasteiger partial charge in [-0.15, -0.1) is 0 Å².